The third-order valence-corrected chi connectivity index (χ3v) is 3.61. The van der Waals surface area contributed by atoms with E-state index < -0.39 is 0 Å². The first-order chi connectivity index (χ1) is 8.29. The Bertz CT molecular complexity index is 260. The zero-order valence-corrected chi connectivity index (χ0v) is 10.3. The summed E-state index contributed by atoms with van der Waals surface area (Å²) in [6.07, 6.45) is 7.23. The lowest BCUT2D eigenvalue weighted by Gasteiger charge is -2.23. The van der Waals surface area contributed by atoms with Crippen molar-refractivity contribution < 1.29 is 9.94 Å². The summed E-state index contributed by atoms with van der Waals surface area (Å²) in [7, 11) is 0. The van der Waals surface area contributed by atoms with Crippen LogP contribution in [0.2, 0.25) is 0 Å². The van der Waals surface area contributed by atoms with Gasteiger partial charge in [-0.15, -0.1) is 0 Å². The van der Waals surface area contributed by atoms with Gasteiger partial charge in [-0.25, -0.2) is 0 Å². The fraction of sp³-hybridized carbons (Fsp3) is 0.917. The molecule has 0 aromatic carbocycles. The summed E-state index contributed by atoms with van der Waals surface area (Å²) in [5.74, 6) is 0.327. The molecule has 2 rings (SSSR count). The lowest BCUT2D eigenvalue weighted by atomic mass is 10.1. The Balaban J connectivity index is 1.68. The summed E-state index contributed by atoms with van der Waals surface area (Å²) in [5, 5.41) is 11.5. The van der Waals surface area contributed by atoms with Gasteiger partial charge in [0.15, 0.2) is 0 Å². The van der Waals surface area contributed by atoms with E-state index in [0.717, 1.165) is 32.2 Å². The van der Waals surface area contributed by atoms with Crippen molar-refractivity contribution in [3.05, 3.63) is 0 Å². The number of ether oxygens (including phenoxy) is 1. The number of amidine groups is 1. The largest absolute Gasteiger partial charge is 0.409 e. The van der Waals surface area contributed by atoms with Crippen molar-refractivity contribution in [2.45, 2.75) is 50.7 Å². The minimum absolute atomic E-state index is 0.327. The Labute approximate surface area is 103 Å². The van der Waals surface area contributed by atoms with Crippen molar-refractivity contribution in [1.29, 1.82) is 0 Å². The van der Waals surface area contributed by atoms with Crippen LogP contribution in [0.3, 0.4) is 0 Å². The predicted octanol–water partition coefficient (Wildman–Crippen LogP) is 1.16. The SMILES string of the molecule is NC(CCN(CCC1CCCO1)C1CC1)=NO. The van der Waals surface area contributed by atoms with E-state index >= 15 is 0 Å². The van der Waals surface area contributed by atoms with Gasteiger partial charge in [0.2, 0.25) is 0 Å². The molecule has 1 aliphatic heterocycles. The molecular formula is C12H23N3O2. The van der Waals surface area contributed by atoms with E-state index in [9.17, 15) is 0 Å². The summed E-state index contributed by atoms with van der Waals surface area (Å²) in [4.78, 5) is 2.46. The lowest BCUT2D eigenvalue weighted by Crippen LogP contribution is -2.32. The number of oxime groups is 1. The van der Waals surface area contributed by atoms with Crippen LogP contribution in [0, 0.1) is 0 Å². The van der Waals surface area contributed by atoms with Crippen molar-refractivity contribution in [3.63, 3.8) is 0 Å². The maximum absolute atomic E-state index is 8.53. The highest BCUT2D eigenvalue weighted by Gasteiger charge is 2.29. The molecule has 0 bridgehead atoms. The molecule has 5 nitrogen and oxygen atoms in total. The second-order valence-corrected chi connectivity index (χ2v) is 5.03. The van der Waals surface area contributed by atoms with E-state index in [1.807, 2.05) is 0 Å². The van der Waals surface area contributed by atoms with Gasteiger partial charge in [0.1, 0.15) is 5.84 Å². The van der Waals surface area contributed by atoms with Gasteiger partial charge >= 0.3 is 0 Å². The molecule has 1 saturated heterocycles. The van der Waals surface area contributed by atoms with Crippen LogP contribution < -0.4 is 5.73 Å². The average Bonchev–Trinajstić information content (AvgIpc) is 3.05. The molecule has 1 heterocycles. The van der Waals surface area contributed by atoms with Crippen LogP contribution in [-0.2, 0) is 4.74 Å². The molecule has 0 aromatic rings. The average molecular weight is 241 g/mol. The Morgan fingerprint density at radius 2 is 2.18 bits per heavy atom. The maximum Gasteiger partial charge on any atom is 0.140 e. The third-order valence-electron chi connectivity index (χ3n) is 3.61. The van der Waals surface area contributed by atoms with E-state index in [0.29, 0.717) is 18.4 Å². The van der Waals surface area contributed by atoms with Crippen molar-refractivity contribution in [3.8, 4) is 0 Å². The predicted molar refractivity (Wildman–Crippen MR) is 66.2 cm³/mol. The van der Waals surface area contributed by atoms with Gasteiger partial charge < -0.3 is 15.7 Å². The summed E-state index contributed by atoms with van der Waals surface area (Å²) < 4.78 is 5.64. The molecular weight excluding hydrogens is 218 g/mol. The third kappa shape index (κ3) is 4.16. The Morgan fingerprint density at radius 1 is 1.35 bits per heavy atom. The van der Waals surface area contributed by atoms with Gasteiger partial charge in [0.25, 0.3) is 0 Å². The standard InChI is InChI=1S/C12H23N3O2/c13-12(14-16)6-8-15(10-3-4-10)7-5-11-2-1-9-17-11/h10-11,16H,1-9H2,(H2,13,14). The second-order valence-electron chi connectivity index (χ2n) is 5.03. The number of nitrogens with two attached hydrogens (primary N) is 1. The lowest BCUT2D eigenvalue weighted by molar-refractivity contribution is 0.0912. The number of hydrogen-bond donors (Lipinski definition) is 2. The van der Waals surface area contributed by atoms with Crippen LogP contribution in [0.25, 0.3) is 0 Å². The molecule has 1 aliphatic carbocycles. The molecule has 0 aromatic heterocycles. The highest BCUT2D eigenvalue weighted by molar-refractivity contribution is 5.79. The van der Waals surface area contributed by atoms with Crippen molar-refractivity contribution in [2.24, 2.45) is 10.9 Å². The molecule has 0 radical (unpaired) electrons. The van der Waals surface area contributed by atoms with Crippen molar-refractivity contribution in [1.82, 2.24) is 4.90 Å². The van der Waals surface area contributed by atoms with Crippen LogP contribution in [0.15, 0.2) is 5.16 Å². The number of hydrogen-bond acceptors (Lipinski definition) is 4. The first-order valence-electron chi connectivity index (χ1n) is 6.61. The van der Waals surface area contributed by atoms with Crippen LogP contribution in [0.4, 0.5) is 0 Å². The summed E-state index contributed by atoms with van der Waals surface area (Å²) in [6, 6.07) is 0.725. The molecule has 17 heavy (non-hydrogen) atoms. The molecule has 2 aliphatic rings. The highest BCUT2D eigenvalue weighted by atomic mass is 16.5. The van der Waals surface area contributed by atoms with E-state index in [1.54, 1.807) is 0 Å². The first kappa shape index (κ1) is 12.6. The molecule has 0 spiro atoms. The fourth-order valence-corrected chi connectivity index (χ4v) is 2.41. The zero-order chi connectivity index (χ0) is 12.1. The fourth-order valence-electron chi connectivity index (χ4n) is 2.41. The zero-order valence-electron chi connectivity index (χ0n) is 10.3. The van der Waals surface area contributed by atoms with Crippen LogP contribution in [0.1, 0.15) is 38.5 Å². The van der Waals surface area contributed by atoms with Crippen molar-refractivity contribution in [2.75, 3.05) is 19.7 Å². The molecule has 5 heteroatoms. The van der Waals surface area contributed by atoms with Crippen LogP contribution >= 0.6 is 0 Å². The summed E-state index contributed by atoms with van der Waals surface area (Å²) >= 11 is 0. The molecule has 1 unspecified atom stereocenters. The van der Waals surface area contributed by atoms with Gasteiger partial charge in [-0.05, 0) is 32.1 Å². The second kappa shape index (κ2) is 6.21. The Kier molecular flexibility index (Phi) is 4.62. The van der Waals surface area contributed by atoms with Gasteiger partial charge in [0.05, 0.1) is 6.10 Å². The van der Waals surface area contributed by atoms with Gasteiger partial charge in [-0.3, -0.25) is 4.90 Å². The molecule has 3 N–H and O–H groups in total. The Hall–Kier alpha value is -0.810. The normalized spacial score (nSPS) is 25.7. The highest BCUT2D eigenvalue weighted by Crippen LogP contribution is 2.28. The van der Waals surface area contributed by atoms with Gasteiger partial charge in [-0.2, -0.15) is 0 Å². The topological polar surface area (TPSA) is 71.1 Å². The Morgan fingerprint density at radius 3 is 2.76 bits per heavy atom. The first-order valence-corrected chi connectivity index (χ1v) is 6.61. The minimum atomic E-state index is 0.327. The van der Waals surface area contributed by atoms with Crippen LogP contribution in [-0.4, -0.2) is 47.8 Å². The molecule has 2 fully saturated rings. The van der Waals surface area contributed by atoms with E-state index in [2.05, 4.69) is 10.1 Å². The molecule has 98 valence electrons. The summed E-state index contributed by atoms with van der Waals surface area (Å²) in [5.41, 5.74) is 5.51. The summed E-state index contributed by atoms with van der Waals surface area (Å²) in [6.45, 7) is 2.90. The smallest absolute Gasteiger partial charge is 0.140 e. The van der Waals surface area contributed by atoms with Gasteiger partial charge in [0, 0.05) is 32.2 Å². The number of rotatable bonds is 7. The van der Waals surface area contributed by atoms with Crippen LogP contribution in [0.5, 0.6) is 0 Å². The van der Waals surface area contributed by atoms with E-state index in [4.69, 9.17) is 15.7 Å². The minimum Gasteiger partial charge on any atom is -0.409 e. The van der Waals surface area contributed by atoms with E-state index in [-0.39, 0.29) is 0 Å². The van der Waals surface area contributed by atoms with Gasteiger partial charge in [-0.1, -0.05) is 5.16 Å². The molecule has 0 amide bonds. The molecule has 1 saturated carbocycles. The number of nitrogens with zero attached hydrogens (tertiary/aromatic N) is 2. The van der Waals surface area contributed by atoms with E-state index in [1.165, 1.54) is 25.7 Å². The quantitative estimate of drug-likeness (QED) is 0.304. The maximum atomic E-state index is 8.53. The molecule has 1 atom stereocenters. The monoisotopic (exact) mass is 241 g/mol. The van der Waals surface area contributed by atoms with Crippen molar-refractivity contribution >= 4 is 5.84 Å².